The lowest BCUT2D eigenvalue weighted by molar-refractivity contribution is -0.122. The van der Waals surface area contributed by atoms with Crippen LogP contribution in [0.3, 0.4) is 0 Å². The number of benzene rings is 2. The van der Waals surface area contributed by atoms with Gasteiger partial charge in [-0.3, -0.25) is 14.5 Å². The van der Waals surface area contributed by atoms with Gasteiger partial charge in [-0.15, -0.1) is 11.8 Å². The minimum Gasteiger partial charge on any atom is -0.324 e. The maximum atomic E-state index is 13.7. The number of halogens is 3. The number of hydrogen-bond donors (Lipinski definition) is 2. The summed E-state index contributed by atoms with van der Waals surface area (Å²) in [6, 6.07) is 8.13. The average Bonchev–Trinajstić information content (AvgIpc) is 2.68. The van der Waals surface area contributed by atoms with E-state index < -0.39 is 35.1 Å². The molecule has 28 heavy (non-hydrogen) atoms. The highest BCUT2D eigenvalue weighted by molar-refractivity contribution is 7.98. The van der Waals surface area contributed by atoms with Crippen molar-refractivity contribution in [2.75, 3.05) is 30.5 Å². The van der Waals surface area contributed by atoms with Crippen molar-refractivity contribution < 1.29 is 22.8 Å². The van der Waals surface area contributed by atoms with Gasteiger partial charge < -0.3 is 10.6 Å². The van der Waals surface area contributed by atoms with Gasteiger partial charge in [0.15, 0.2) is 17.5 Å². The van der Waals surface area contributed by atoms with E-state index >= 15 is 0 Å². The molecule has 2 aromatic rings. The van der Waals surface area contributed by atoms with E-state index in [-0.39, 0.29) is 12.5 Å². The minimum absolute atomic E-state index is 0.0996. The van der Waals surface area contributed by atoms with E-state index in [1.165, 1.54) is 23.6 Å². The second-order valence-electron chi connectivity index (χ2n) is 6.05. The Kier molecular flexibility index (Phi) is 7.47. The summed E-state index contributed by atoms with van der Waals surface area (Å²) in [7, 11) is 1.55. The highest BCUT2D eigenvalue weighted by Gasteiger charge is 2.23. The van der Waals surface area contributed by atoms with Crippen LogP contribution in [0.5, 0.6) is 0 Å². The molecular weight excluding hydrogens is 391 g/mol. The molecule has 2 amide bonds. The third kappa shape index (κ3) is 5.26. The van der Waals surface area contributed by atoms with Crippen molar-refractivity contribution in [1.82, 2.24) is 4.90 Å². The Bertz CT molecular complexity index is 879. The van der Waals surface area contributed by atoms with Crippen molar-refractivity contribution in [3.05, 3.63) is 53.8 Å². The Hall–Kier alpha value is -2.52. The van der Waals surface area contributed by atoms with Crippen molar-refractivity contribution in [3.8, 4) is 0 Å². The molecule has 9 heteroatoms. The molecule has 0 radical (unpaired) electrons. The van der Waals surface area contributed by atoms with E-state index in [1.54, 1.807) is 19.2 Å². The zero-order valence-corrected chi connectivity index (χ0v) is 16.4. The lowest BCUT2D eigenvalue weighted by Crippen LogP contribution is -2.43. The first kappa shape index (κ1) is 21.8. The maximum Gasteiger partial charge on any atom is 0.241 e. The van der Waals surface area contributed by atoms with Crippen LogP contribution in [0.25, 0.3) is 0 Å². The molecule has 0 spiro atoms. The second-order valence-corrected chi connectivity index (χ2v) is 6.90. The van der Waals surface area contributed by atoms with Gasteiger partial charge in [-0.1, -0.05) is 12.1 Å². The van der Waals surface area contributed by atoms with E-state index in [0.29, 0.717) is 5.69 Å². The van der Waals surface area contributed by atoms with Gasteiger partial charge in [0.05, 0.1) is 24.0 Å². The largest absolute Gasteiger partial charge is 0.324 e. The lowest BCUT2D eigenvalue weighted by atomic mass is 10.2. The Labute approximate surface area is 165 Å². The van der Waals surface area contributed by atoms with Crippen LogP contribution < -0.4 is 10.6 Å². The molecule has 2 aromatic carbocycles. The standard InChI is InChI=1S/C19H20F3N3O2S/c1-11(19(27)24-14-9-8-12(20)17(21)18(14)22)25(2)10-16(26)23-13-6-4-5-7-15(13)28-3/h4-9,11H,10H2,1-3H3,(H,23,26)(H,24,27)/t11-/m0/s1. The number of nitrogens with zero attached hydrogens (tertiary/aromatic N) is 1. The van der Waals surface area contributed by atoms with Crippen LogP contribution in [0, 0.1) is 17.5 Å². The molecule has 0 saturated heterocycles. The number of rotatable bonds is 7. The van der Waals surface area contributed by atoms with Crippen LogP contribution >= 0.6 is 11.8 Å². The van der Waals surface area contributed by atoms with E-state index in [9.17, 15) is 22.8 Å². The van der Waals surface area contributed by atoms with Crippen molar-refractivity contribution in [2.45, 2.75) is 17.9 Å². The Morgan fingerprint density at radius 2 is 1.71 bits per heavy atom. The van der Waals surface area contributed by atoms with Gasteiger partial charge in [-0.25, -0.2) is 13.2 Å². The zero-order valence-electron chi connectivity index (χ0n) is 15.6. The van der Waals surface area contributed by atoms with E-state index in [0.717, 1.165) is 17.0 Å². The van der Waals surface area contributed by atoms with Gasteiger partial charge in [0.2, 0.25) is 11.8 Å². The number of hydrogen-bond acceptors (Lipinski definition) is 4. The molecule has 0 unspecified atom stereocenters. The van der Waals surface area contributed by atoms with Gasteiger partial charge in [0, 0.05) is 4.90 Å². The third-order valence-corrected chi connectivity index (χ3v) is 4.90. The molecule has 0 aliphatic carbocycles. The maximum absolute atomic E-state index is 13.7. The summed E-state index contributed by atoms with van der Waals surface area (Å²) in [5.41, 5.74) is 0.192. The Balaban J connectivity index is 1.98. The number of nitrogens with one attached hydrogen (secondary N) is 2. The Morgan fingerprint density at radius 3 is 2.39 bits per heavy atom. The molecule has 150 valence electrons. The van der Waals surface area contributed by atoms with Gasteiger partial charge in [0.1, 0.15) is 0 Å². The van der Waals surface area contributed by atoms with Crippen molar-refractivity contribution in [2.24, 2.45) is 0 Å². The lowest BCUT2D eigenvalue weighted by Gasteiger charge is -2.23. The molecule has 0 aliphatic heterocycles. The van der Waals surface area contributed by atoms with Gasteiger partial charge >= 0.3 is 0 Å². The van der Waals surface area contributed by atoms with Crippen LogP contribution in [0.15, 0.2) is 41.3 Å². The number of carbonyl (C=O) groups excluding carboxylic acids is 2. The summed E-state index contributed by atoms with van der Waals surface area (Å²) in [6.45, 7) is 1.41. The van der Waals surface area contributed by atoms with Crippen LogP contribution in [0.2, 0.25) is 0 Å². The molecular formula is C19H20F3N3O2S. The fourth-order valence-corrected chi connectivity index (χ4v) is 2.91. The smallest absolute Gasteiger partial charge is 0.241 e. The minimum atomic E-state index is -1.66. The van der Waals surface area contributed by atoms with Crippen molar-refractivity contribution >= 4 is 35.0 Å². The predicted octanol–water partition coefficient (Wildman–Crippen LogP) is 3.72. The summed E-state index contributed by atoms with van der Waals surface area (Å²) < 4.78 is 40.0. The first-order chi connectivity index (χ1) is 13.2. The van der Waals surface area contributed by atoms with Crippen molar-refractivity contribution in [3.63, 3.8) is 0 Å². The Morgan fingerprint density at radius 1 is 1.04 bits per heavy atom. The van der Waals surface area contributed by atoms with Gasteiger partial charge in [-0.05, 0) is 44.5 Å². The topological polar surface area (TPSA) is 61.4 Å². The predicted molar refractivity (Wildman–Crippen MR) is 104 cm³/mol. The molecule has 0 bridgehead atoms. The molecule has 5 nitrogen and oxygen atoms in total. The molecule has 0 aromatic heterocycles. The molecule has 0 heterocycles. The fraction of sp³-hybridized carbons (Fsp3) is 0.263. The van der Waals surface area contributed by atoms with E-state index in [4.69, 9.17) is 0 Å². The number of amides is 2. The third-order valence-electron chi connectivity index (χ3n) is 4.11. The summed E-state index contributed by atoms with van der Waals surface area (Å²) in [5.74, 6) is -5.48. The molecule has 2 N–H and O–H groups in total. The summed E-state index contributed by atoms with van der Waals surface area (Å²) in [6.07, 6.45) is 1.89. The monoisotopic (exact) mass is 411 g/mol. The van der Waals surface area contributed by atoms with Gasteiger partial charge in [-0.2, -0.15) is 0 Å². The number of thioether (sulfide) groups is 1. The number of para-hydroxylation sites is 1. The number of likely N-dealkylation sites (N-methyl/N-ethyl adjacent to an activating group) is 1. The van der Waals surface area contributed by atoms with Crippen LogP contribution in [0.4, 0.5) is 24.5 Å². The average molecular weight is 411 g/mol. The fourth-order valence-electron chi connectivity index (χ4n) is 2.36. The number of carbonyl (C=O) groups is 2. The summed E-state index contributed by atoms with van der Waals surface area (Å²) >= 11 is 1.49. The molecule has 0 saturated carbocycles. The first-order valence-corrected chi connectivity index (χ1v) is 9.54. The molecule has 0 aliphatic rings. The van der Waals surface area contributed by atoms with E-state index in [1.807, 2.05) is 18.4 Å². The highest BCUT2D eigenvalue weighted by atomic mass is 32.2. The second kappa shape index (κ2) is 9.61. The normalized spacial score (nSPS) is 12.0. The SMILES string of the molecule is CSc1ccccc1NC(=O)CN(C)[C@@H](C)C(=O)Nc1ccc(F)c(F)c1F. The van der Waals surface area contributed by atoms with Crippen LogP contribution in [-0.4, -0.2) is 42.6 Å². The quantitative estimate of drug-likeness (QED) is 0.539. The summed E-state index contributed by atoms with van der Waals surface area (Å²) in [5, 5.41) is 4.98. The van der Waals surface area contributed by atoms with E-state index in [2.05, 4.69) is 10.6 Å². The molecule has 2 rings (SSSR count). The highest BCUT2D eigenvalue weighted by Crippen LogP contribution is 2.24. The van der Waals surface area contributed by atoms with Gasteiger partial charge in [0.25, 0.3) is 0 Å². The van der Waals surface area contributed by atoms with Crippen LogP contribution in [-0.2, 0) is 9.59 Å². The molecule has 1 atom stereocenters. The summed E-state index contributed by atoms with van der Waals surface area (Å²) in [4.78, 5) is 26.9. The van der Waals surface area contributed by atoms with Crippen LogP contribution in [0.1, 0.15) is 6.92 Å². The van der Waals surface area contributed by atoms with Crippen molar-refractivity contribution in [1.29, 1.82) is 0 Å². The zero-order chi connectivity index (χ0) is 20.8. The number of anilines is 2. The molecule has 0 fully saturated rings. The first-order valence-electron chi connectivity index (χ1n) is 8.32.